The standard InChI is InChI=1S/C22H31F3N4O/c1-26-21(29-12-9-16(15-29)14-28-10-5-2-6-11-28)27-19-13-18(19)17-7-3-4-8-20(17)30-22(23,24)25/h3-4,7-8,16,18-19H,2,5-6,9-15H2,1H3,(H,26,27). The number of alkyl halides is 3. The SMILES string of the molecule is CN=C(NC1CC1c1ccccc1OC(F)(F)F)N1CCC(CN2CCCCC2)C1. The van der Waals surface area contributed by atoms with Gasteiger partial charge in [-0.05, 0) is 56.3 Å². The topological polar surface area (TPSA) is 40.1 Å². The third-order valence-electron chi connectivity index (χ3n) is 6.41. The molecule has 1 saturated carbocycles. The largest absolute Gasteiger partial charge is 0.573 e. The number of rotatable bonds is 5. The van der Waals surface area contributed by atoms with Crippen LogP contribution in [-0.4, -0.2) is 67.9 Å². The maximum absolute atomic E-state index is 12.7. The van der Waals surface area contributed by atoms with Crippen molar-refractivity contribution in [2.24, 2.45) is 10.9 Å². The first kappa shape index (κ1) is 21.3. The average Bonchev–Trinajstić information content (AvgIpc) is 3.33. The second-order valence-corrected chi connectivity index (χ2v) is 8.69. The number of benzene rings is 1. The molecule has 0 spiro atoms. The Labute approximate surface area is 176 Å². The van der Waals surface area contributed by atoms with Crippen LogP contribution in [0.5, 0.6) is 5.75 Å². The minimum Gasteiger partial charge on any atom is -0.405 e. The smallest absolute Gasteiger partial charge is 0.405 e. The number of piperidine rings is 1. The summed E-state index contributed by atoms with van der Waals surface area (Å²) in [6, 6.07) is 6.53. The Balaban J connectivity index is 1.31. The number of likely N-dealkylation sites (tertiary alicyclic amines) is 2. The van der Waals surface area contributed by atoms with Gasteiger partial charge in [-0.15, -0.1) is 13.2 Å². The number of ether oxygens (including phenoxy) is 1. The number of guanidine groups is 1. The summed E-state index contributed by atoms with van der Waals surface area (Å²) in [6.07, 6.45) is 1.23. The maximum atomic E-state index is 12.7. The van der Waals surface area contributed by atoms with Gasteiger partial charge in [-0.3, -0.25) is 4.99 Å². The van der Waals surface area contributed by atoms with Crippen molar-refractivity contribution in [3.63, 3.8) is 0 Å². The molecule has 1 aromatic carbocycles. The van der Waals surface area contributed by atoms with Crippen LogP contribution in [0.15, 0.2) is 29.3 Å². The molecule has 1 N–H and O–H groups in total. The molecule has 30 heavy (non-hydrogen) atoms. The lowest BCUT2D eigenvalue weighted by atomic mass is 10.1. The average molecular weight is 425 g/mol. The fourth-order valence-corrected chi connectivity index (χ4v) is 4.85. The van der Waals surface area contributed by atoms with Crippen LogP contribution >= 0.6 is 0 Å². The van der Waals surface area contributed by atoms with Gasteiger partial charge in [0.1, 0.15) is 5.75 Å². The van der Waals surface area contributed by atoms with Crippen LogP contribution in [0.4, 0.5) is 13.2 Å². The van der Waals surface area contributed by atoms with E-state index in [1.807, 2.05) is 0 Å². The Morgan fingerprint density at radius 1 is 1.17 bits per heavy atom. The van der Waals surface area contributed by atoms with Crippen molar-refractivity contribution in [2.45, 2.75) is 50.4 Å². The van der Waals surface area contributed by atoms with E-state index in [2.05, 4.69) is 24.8 Å². The molecule has 3 atom stereocenters. The van der Waals surface area contributed by atoms with Gasteiger partial charge in [-0.1, -0.05) is 24.6 Å². The lowest BCUT2D eigenvalue weighted by Crippen LogP contribution is -2.42. The van der Waals surface area contributed by atoms with E-state index in [0.717, 1.165) is 38.4 Å². The highest BCUT2D eigenvalue weighted by Crippen LogP contribution is 2.45. The van der Waals surface area contributed by atoms with Crippen molar-refractivity contribution >= 4 is 5.96 Å². The van der Waals surface area contributed by atoms with E-state index < -0.39 is 6.36 Å². The highest BCUT2D eigenvalue weighted by molar-refractivity contribution is 5.81. The zero-order chi connectivity index (χ0) is 21.1. The molecular weight excluding hydrogens is 393 g/mol. The highest BCUT2D eigenvalue weighted by Gasteiger charge is 2.43. The predicted octanol–water partition coefficient (Wildman–Crippen LogP) is 3.82. The summed E-state index contributed by atoms with van der Waals surface area (Å²) >= 11 is 0. The summed E-state index contributed by atoms with van der Waals surface area (Å²) in [5.41, 5.74) is 0.604. The fourth-order valence-electron chi connectivity index (χ4n) is 4.85. The van der Waals surface area contributed by atoms with Crippen LogP contribution < -0.4 is 10.1 Å². The first-order valence-corrected chi connectivity index (χ1v) is 11.0. The van der Waals surface area contributed by atoms with Gasteiger partial charge in [0.15, 0.2) is 5.96 Å². The van der Waals surface area contributed by atoms with Gasteiger partial charge in [-0.25, -0.2) is 0 Å². The van der Waals surface area contributed by atoms with Gasteiger partial charge >= 0.3 is 6.36 Å². The number of hydrogen-bond donors (Lipinski definition) is 1. The molecule has 1 aliphatic carbocycles. The van der Waals surface area contributed by atoms with Crippen LogP contribution in [-0.2, 0) is 0 Å². The fraction of sp³-hybridized carbons (Fsp3) is 0.682. The van der Waals surface area contributed by atoms with Crippen LogP contribution in [0, 0.1) is 5.92 Å². The number of aliphatic imine (C=N–C) groups is 1. The lowest BCUT2D eigenvalue weighted by Gasteiger charge is -2.29. The minimum atomic E-state index is -4.68. The van der Waals surface area contributed by atoms with E-state index in [9.17, 15) is 13.2 Å². The van der Waals surface area contributed by atoms with E-state index in [0.29, 0.717) is 11.5 Å². The zero-order valence-electron chi connectivity index (χ0n) is 17.5. The molecule has 3 aliphatic rings. The van der Waals surface area contributed by atoms with Crippen molar-refractivity contribution in [2.75, 3.05) is 39.8 Å². The third kappa shape index (κ3) is 5.39. The maximum Gasteiger partial charge on any atom is 0.573 e. The molecule has 3 fully saturated rings. The van der Waals surface area contributed by atoms with Gasteiger partial charge in [0.2, 0.25) is 0 Å². The molecule has 5 nitrogen and oxygen atoms in total. The van der Waals surface area contributed by atoms with Crippen LogP contribution in [0.2, 0.25) is 0 Å². The molecule has 2 heterocycles. The van der Waals surface area contributed by atoms with Gasteiger partial charge in [-0.2, -0.15) is 0 Å². The monoisotopic (exact) mass is 424 g/mol. The highest BCUT2D eigenvalue weighted by atomic mass is 19.4. The van der Waals surface area contributed by atoms with Crippen LogP contribution in [0.1, 0.15) is 43.6 Å². The van der Waals surface area contributed by atoms with E-state index >= 15 is 0 Å². The Morgan fingerprint density at radius 3 is 2.67 bits per heavy atom. The van der Waals surface area contributed by atoms with Crippen molar-refractivity contribution < 1.29 is 17.9 Å². The number of hydrogen-bond acceptors (Lipinski definition) is 3. The van der Waals surface area contributed by atoms with Crippen molar-refractivity contribution in [1.29, 1.82) is 0 Å². The summed E-state index contributed by atoms with van der Waals surface area (Å²) in [7, 11) is 1.78. The van der Waals surface area contributed by atoms with Crippen molar-refractivity contribution in [3.05, 3.63) is 29.8 Å². The van der Waals surface area contributed by atoms with E-state index in [4.69, 9.17) is 0 Å². The molecule has 2 saturated heterocycles. The number of nitrogens with one attached hydrogen (secondary N) is 1. The second kappa shape index (κ2) is 9.04. The molecule has 166 valence electrons. The van der Waals surface area contributed by atoms with E-state index in [-0.39, 0.29) is 17.7 Å². The molecule has 0 bridgehead atoms. The number of nitrogens with zero attached hydrogens (tertiary/aromatic N) is 3. The molecule has 8 heteroatoms. The molecule has 0 amide bonds. The third-order valence-corrected chi connectivity index (χ3v) is 6.41. The van der Waals surface area contributed by atoms with E-state index in [1.54, 1.807) is 25.2 Å². The molecule has 0 radical (unpaired) electrons. The Bertz CT molecular complexity index is 748. The normalized spacial score (nSPS) is 27.9. The number of halogens is 3. The molecular formula is C22H31F3N4O. The minimum absolute atomic E-state index is 0.00653. The first-order chi connectivity index (χ1) is 14.4. The van der Waals surface area contributed by atoms with Crippen LogP contribution in [0.3, 0.4) is 0 Å². The summed E-state index contributed by atoms with van der Waals surface area (Å²) < 4.78 is 42.4. The Hall–Kier alpha value is -1.96. The number of para-hydroxylation sites is 1. The van der Waals surface area contributed by atoms with Crippen molar-refractivity contribution in [3.8, 4) is 5.75 Å². The summed E-state index contributed by atoms with van der Waals surface area (Å²) in [4.78, 5) is 9.33. The Morgan fingerprint density at radius 2 is 1.93 bits per heavy atom. The first-order valence-electron chi connectivity index (χ1n) is 11.0. The molecule has 0 aromatic heterocycles. The van der Waals surface area contributed by atoms with Gasteiger partial charge < -0.3 is 19.9 Å². The summed E-state index contributed by atoms with van der Waals surface area (Å²) in [6.45, 7) is 5.55. The van der Waals surface area contributed by atoms with Gasteiger partial charge in [0.05, 0.1) is 0 Å². The molecule has 1 aromatic rings. The quantitative estimate of drug-likeness (QED) is 0.576. The predicted molar refractivity (Wildman–Crippen MR) is 111 cm³/mol. The zero-order valence-corrected chi connectivity index (χ0v) is 17.5. The second-order valence-electron chi connectivity index (χ2n) is 8.69. The Kier molecular flexibility index (Phi) is 6.41. The summed E-state index contributed by atoms with van der Waals surface area (Å²) in [5.74, 6) is 1.42. The van der Waals surface area contributed by atoms with Gasteiger partial charge in [0, 0.05) is 38.6 Å². The summed E-state index contributed by atoms with van der Waals surface area (Å²) in [5, 5.41) is 3.47. The molecule has 2 aliphatic heterocycles. The lowest BCUT2D eigenvalue weighted by molar-refractivity contribution is -0.274. The van der Waals surface area contributed by atoms with E-state index in [1.165, 1.54) is 38.4 Å². The molecule has 3 unspecified atom stereocenters. The van der Waals surface area contributed by atoms with Gasteiger partial charge in [0.25, 0.3) is 0 Å². The van der Waals surface area contributed by atoms with Crippen LogP contribution in [0.25, 0.3) is 0 Å². The van der Waals surface area contributed by atoms with Crippen molar-refractivity contribution in [1.82, 2.24) is 15.1 Å². The molecule has 4 rings (SSSR count).